The second-order valence-corrected chi connectivity index (χ2v) is 10.7. The minimum absolute atomic E-state index is 0.207. The van der Waals surface area contributed by atoms with E-state index in [4.69, 9.17) is 18.9 Å². The molecule has 0 saturated carbocycles. The first-order valence-electron chi connectivity index (χ1n) is 13.2. The van der Waals surface area contributed by atoms with Crippen LogP contribution in [0, 0.1) is 6.92 Å². The number of carbonyl (C=O) groups excluding carboxylic acids is 2. The Labute approximate surface area is 227 Å². The smallest absolute Gasteiger partial charge is 0.352 e. The number of likely N-dealkylation sites (tertiary alicyclic amines) is 1. The molecule has 0 radical (unpaired) electrons. The summed E-state index contributed by atoms with van der Waals surface area (Å²) in [4.78, 5) is 27.8. The van der Waals surface area contributed by atoms with Crippen molar-refractivity contribution in [2.24, 2.45) is 0 Å². The van der Waals surface area contributed by atoms with Crippen molar-refractivity contribution in [2.75, 3.05) is 20.7 Å². The number of benzene rings is 2. The fraction of sp³-hybridized carbons (Fsp3) is 0.467. The van der Waals surface area contributed by atoms with Gasteiger partial charge in [-0.25, -0.2) is 9.59 Å². The molecular formula is C30H35NO8. The van der Waals surface area contributed by atoms with Crippen LogP contribution in [0.1, 0.15) is 49.5 Å². The topological polar surface area (TPSA) is 115 Å². The van der Waals surface area contributed by atoms with Gasteiger partial charge in [0.25, 0.3) is 0 Å². The lowest BCUT2D eigenvalue weighted by Gasteiger charge is -2.58. The van der Waals surface area contributed by atoms with Crippen molar-refractivity contribution in [1.82, 2.24) is 4.90 Å². The zero-order valence-corrected chi connectivity index (χ0v) is 22.8. The van der Waals surface area contributed by atoms with Gasteiger partial charge >= 0.3 is 11.9 Å². The third-order valence-corrected chi connectivity index (χ3v) is 8.72. The van der Waals surface area contributed by atoms with Gasteiger partial charge < -0.3 is 34.1 Å². The first kappa shape index (κ1) is 27.2. The number of carbonyl (C=O) groups is 2. The Kier molecular flexibility index (Phi) is 6.95. The second-order valence-electron chi connectivity index (χ2n) is 10.7. The molecule has 1 spiro atoms. The van der Waals surface area contributed by atoms with Crippen molar-refractivity contribution in [3.63, 3.8) is 0 Å². The summed E-state index contributed by atoms with van der Waals surface area (Å²) >= 11 is 0. The van der Waals surface area contributed by atoms with Crippen LogP contribution in [0.15, 0.2) is 54.3 Å². The number of aryl methyl sites for hydroxylation is 1. The number of ether oxygens (including phenoxy) is 4. The monoisotopic (exact) mass is 537 g/mol. The zero-order chi connectivity index (χ0) is 28.1. The number of nitrogens with zero attached hydrogens (tertiary/aromatic N) is 1. The summed E-state index contributed by atoms with van der Waals surface area (Å²) in [5.41, 5.74) is 0.0772. The molecule has 9 heteroatoms. The van der Waals surface area contributed by atoms with Gasteiger partial charge in [-0.15, -0.1) is 0 Å². The lowest BCUT2D eigenvalue weighted by molar-refractivity contribution is -0.175. The summed E-state index contributed by atoms with van der Waals surface area (Å²) in [6.45, 7) is 6.07. The van der Waals surface area contributed by atoms with Crippen LogP contribution in [0.4, 0.5) is 0 Å². The van der Waals surface area contributed by atoms with Crippen LogP contribution in [0.5, 0.6) is 11.5 Å². The molecule has 2 N–H and O–H groups in total. The highest BCUT2D eigenvalue weighted by atomic mass is 16.6. The molecule has 6 atom stereocenters. The fourth-order valence-electron chi connectivity index (χ4n) is 6.41. The zero-order valence-electron chi connectivity index (χ0n) is 22.8. The number of likely N-dealkylation sites (N-methyl/N-ethyl adjacent to an activating group) is 1. The van der Waals surface area contributed by atoms with E-state index in [0.717, 1.165) is 11.1 Å². The first-order chi connectivity index (χ1) is 18.5. The summed E-state index contributed by atoms with van der Waals surface area (Å²) in [5, 5.41) is 22.7. The highest BCUT2D eigenvalue weighted by Gasteiger charge is 2.69. The van der Waals surface area contributed by atoms with E-state index >= 15 is 0 Å². The molecule has 1 saturated heterocycles. The van der Waals surface area contributed by atoms with E-state index < -0.39 is 41.3 Å². The number of methoxy groups -OCH3 is 1. The fourth-order valence-corrected chi connectivity index (χ4v) is 6.41. The summed E-state index contributed by atoms with van der Waals surface area (Å²) in [6.07, 6.45) is -1.12. The summed E-state index contributed by atoms with van der Waals surface area (Å²) in [5.74, 6) is -0.434. The highest BCUT2D eigenvalue weighted by molar-refractivity contribution is 5.82. The number of rotatable bonds is 6. The van der Waals surface area contributed by atoms with Crippen LogP contribution in [0.25, 0.3) is 0 Å². The predicted molar refractivity (Wildman–Crippen MR) is 141 cm³/mol. The van der Waals surface area contributed by atoms with Crippen LogP contribution >= 0.6 is 0 Å². The Morgan fingerprint density at radius 1 is 1.15 bits per heavy atom. The van der Waals surface area contributed by atoms with Gasteiger partial charge in [0.1, 0.15) is 5.76 Å². The van der Waals surface area contributed by atoms with Crippen molar-refractivity contribution in [2.45, 2.75) is 69.0 Å². The quantitative estimate of drug-likeness (QED) is 0.537. The molecule has 2 aromatic rings. The summed E-state index contributed by atoms with van der Waals surface area (Å²) < 4.78 is 23.2. The molecule has 3 aliphatic rings. The van der Waals surface area contributed by atoms with Gasteiger partial charge in [-0.3, -0.25) is 0 Å². The molecular weight excluding hydrogens is 502 g/mol. The summed E-state index contributed by atoms with van der Waals surface area (Å²) in [7, 11) is 3.55. The minimum Gasteiger partial charge on any atom is -0.493 e. The maximum Gasteiger partial charge on any atom is 0.352 e. The van der Waals surface area contributed by atoms with Crippen molar-refractivity contribution >= 4 is 11.9 Å². The SMILES string of the molecule is COc1ccc(C)c2c1O[C@H]1C(OC(=O)[C@H](C)OC(=O)[C@@H](O)c3ccccc3)=CC[C@@]3(O)[C@@H](C)N(C)CC[C@]213. The number of aliphatic hydroxyl groups is 2. The molecule has 5 rings (SSSR count). The Bertz CT molecular complexity index is 1310. The molecule has 1 fully saturated rings. The van der Waals surface area contributed by atoms with Gasteiger partial charge in [-0.2, -0.15) is 0 Å². The minimum atomic E-state index is -1.53. The molecule has 0 amide bonds. The van der Waals surface area contributed by atoms with Crippen LogP contribution in [0.2, 0.25) is 0 Å². The normalized spacial score (nSPS) is 29.1. The van der Waals surface area contributed by atoms with Crippen molar-refractivity contribution in [3.05, 3.63) is 71.0 Å². The number of hydrogen-bond donors (Lipinski definition) is 2. The van der Waals surface area contributed by atoms with Crippen LogP contribution in [-0.2, 0) is 24.5 Å². The first-order valence-corrected chi connectivity index (χ1v) is 13.2. The van der Waals surface area contributed by atoms with Gasteiger partial charge in [0.2, 0.25) is 0 Å². The second kappa shape index (κ2) is 9.97. The average Bonchev–Trinajstić information content (AvgIpc) is 3.30. The van der Waals surface area contributed by atoms with Gasteiger partial charge in [0.15, 0.2) is 29.8 Å². The van der Waals surface area contributed by atoms with Crippen molar-refractivity contribution < 1.29 is 38.7 Å². The molecule has 0 bridgehead atoms. The number of hydrogen-bond acceptors (Lipinski definition) is 9. The molecule has 2 aliphatic heterocycles. The molecule has 208 valence electrons. The highest BCUT2D eigenvalue weighted by Crippen LogP contribution is 2.62. The Morgan fingerprint density at radius 2 is 1.87 bits per heavy atom. The van der Waals surface area contributed by atoms with Crippen molar-refractivity contribution in [3.8, 4) is 11.5 Å². The maximum atomic E-state index is 13.1. The lowest BCUT2D eigenvalue weighted by atomic mass is 9.54. The van der Waals surface area contributed by atoms with E-state index in [1.807, 2.05) is 33.0 Å². The van der Waals surface area contributed by atoms with Crippen LogP contribution < -0.4 is 9.47 Å². The van der Waals surface area contributed by atoms with Crippen LogP contribution in [-0.4, -0.2) is 71.6 Å². The van der Waals surface area contributed by atoms with E-state index in [1.54, 1.807) is 43.5 Å². The predicted octanol–water partition coefficient (Wildman–Crippen LogP) is 2.95. The molecule has 0 aromatic heterocycles. The largest absolute Gasteiger partial charge is 0.493 e. The maximum absolute atomic E-state index is 13.1. The third-order valence-electron chi connectivity index (χ3n) is 8.72. The van der Waals surface area contributed by atoms with Crippen LogP contribution in [0.3, 0.4) is 0 Å². The molecule has 2 aromatic carbocycles. The number of fused-ring (bicyclic) bond motifs is 1. The number of esters is 2. The standard InChI is InChI=1S/C30H35NO8/c1-17-11-12-21(36-5)25-23(17)29-15-16-31(4)19(3)30(29,35)14-13-22(26(29)39-25)38-27(33)18(2)37-28(34)24(32)20-9-7-6-8-10-20/h6-13,18-19,24,26,32,35H,14-16H2,1-5H3/t18-,19+,24-,26-,29-,30+/m0/s1. The van der Waals surface area contributed by atoms with Gasteiger partial charge in [0, 0.05) is 18.0 Å². The Balaban J connectivity index is 1.44. The van der Waals surface area contributed by atoms with E-state index in [1.165, 1.54) is 6.92 Å². The molecule has 9 nitrogen and oxygen atoms in total. The number of piperidine rings is 1. The summed E-state index contributed by atoms with van der Waals surface area (Å²) in [6, 6.07) is 11.9. The third kappa shape index (κ3) is 4.11. The van der Waals surface area contributed by atoms with E-state index in [-0.39, 0.29) is 18.2 Å². The molecule has 39 heavy (non-hydrogen) atoms. The Morgan fingerprint density at radius 3 is 2.56 bits per heavy atom. The van der Waals surface area contributed by atoms with Gasteiger partial charge in [-0.05, 0) is 64.1 Å². The van der Waals surface area contributed by atoms with Crippen molar-refractivity contribution in [1.29, 1.82) is 0 Å². The lowest BCUT2D eigenvalue weighted by Crippen LogP contribution is -2.71. The van der Waals surface area contributed by atoms with E-state index in [9.17, 15) is 19.8 Å². The van der Waals surface area contributed by atoms with E-state index in [0.29, 0.717) is 30.0 Å². The molecule has 1 aliphatic carbocycles. The average molecular weight is 538 g/mol. The molecule has 0 unspecified atom stereocenters. The van der Waals surface area contributed by atoms with E-state index in [2.05, 4.69) is 4.90 Å². The number of aliphatic hydroxyl groups excluding tert-OH is 1. The Hall–Kier alpha value is -3.40. The van der Waals surface area contributed by atoms with Gasteiger partial charge in [-0.1, -0.05) is 36.4 Å². The van der Waals surface area contributed by atoms with Gasteiger partial charge in [0.05, 0.1) is 18.1 Å². The molecule has 2 heterocycles.